The number of hydrogen-bond acceptors (Lipinski definition) is 6. The second-order valence-corrected chi connectivity index (χ2v) is 14.6. The van der Waals surface area contributed by atoms with E-state index in [-0.39, 0.29) is 31.1 Å². The molecule has 0 saturated carbocycles. The van der Waals surface area contributed by atoms with Crippen molar-refractivity contribution in [3.63, 3.8) is 0 Å². The van der Waals surface area contributed by atoms with Crippen molar-refractivity contribution in [1.82, 2.24) is 0 Å². The van der Waals surface area contributed by atoms with Crippen LogP contribution in [0.25, 0.3) is 0 Å². The van der Waals surface area contributed by atoms with E-state index in [9.17, 15) is 14.4 Å². The van der Waals surface area contributed by atoms with Crippen LogP contribution in [0.2, 0.25) is 0 Å². The summed E-state index contributed by atoms with van der Waals surface area (Å²) < 4.78 is 16.6. The van der Waals surface area contributed by atoms with Gasteiger partial charge >= 0.3 is 17.9 Å². The minimum absolute atomic E-state index is 0.0787. The van der Waals surface area contributed by atoms with Crippen LogP contribution in [0.1, 0.15) is 220 Å². The molecular weight excluding hydrogens is 648 g/mol. The number of carbonyl (C=O) groups excluding carboxylic acids is 3. The molecule has 0 rings (SSSR count). The minimum Gasteiger partial charge on any atom is -0.462 e. The molecule has 1 atom stereocenters. The summed E-state index contributed by atoms with van der Waals surface area (Å²) in [4.78, 5) is 37.6. The van der Waals surface area contributed by atoms with Gasteiger partial charge in [-0.05, 0) is 70.6 Å². The summed E-state index contributed by atoms with van der Waals surface area (Å²) in [5.41, 5.74) is 0. The number of ether oxygens (including phenoxy) is 3. The molecule has 0 heterocycles. The molecule has 6 nitrogen and oxygen atoms in total. The Morgan fingerprint density at radius 3 is 1.19 bits per heavy atom. The summed E-state index contributed by atoms with van der Waals surface area (Å²) in [7, 11) is 0. The number of esters is 3. The van der Waals surface area contributed by atoms with E-state index in [4.69, 9.17) is 14.2 Å². The highest BCUT2D eigenvalue weighted by atomic mass is 16.6. The molecule has 0 aliphatic heterocycles. The summed E-state index contributed by atoms with van der Waals surface area (Å²) in [6, 6.07) is 0. The van der Waals surface area contributed by atoms with Crippen LogP contribution < -0.4 is 0 Å². The average molecular weight is 731 g/mol. The first-order valence-electron chi connectivity index (χ1n) is 22.0. The summed E-state index contributed by atoms with van der Waals surface area (Å²) in [6.45, 7) is 6.50. The molecule has 302 valence electrons. The van der Waals surface area contributed by atoms with Gasteiger partial charge in [0.25, 0.3) is 0 Å². The maximum atomic E-state index is 12.7. The molecule has 0 saturated heterocycles. The summed E-state index contributed by atoms with van der Waals surface area (Å²) in [5.74, 6) is -0.906. The molecule has 0 spiro atoms. The van der Waals surface area contributed by atoms with Crippen LogP contribution in [0.15, 0.2) is 36.5 Å². The van der Waals surface area contributed by atoms with Crippen LogP contribution in [0.3, 0.4) is 0 Å². The first kappa shape index (κ1) is 49.6. The van der Waals surface area contributed by atoms with E-state index >= 15 is 0 Å². The van der Waals surface area contributed by atoms with Gasteiger partial charge in [0.05, 0.1) is 0 Å². The van der Waals surface area contributed by atoms with Gasteiger partial charge in [-0.15, -0.1) is 0 Å². The molecular formula is C46H82O6. The highest BCUT2D eigenvalue weighted by Crippen LogP contribution is 2.13. The maximum absolute atomic E-state index is 12.7. The van der Waals surface area contributed by atoms with Gasteiger partial charge in [-0.1, -0.05) is 166 Å². The third kappa shape index (κ3) is 38.9. The molecule has 0 radical (unpaired) electrons. The molecule has 0 amide bonds. The normalized spacial score (nSPS) is 12.3. The molecule has 52 heavy (non-hydrogen) atoms. The van der Waals surface area contributed by atoms with E-state index < -0.39 is 6.10 Å². The van der Waals surface area contributed by atoms with Crippen molar-refractivity contribution in [2.75, 3.05) is 13.2 Å². The predicted octanol–water partition coefficient (Wildman–Crippen LogP) is 13.8. The summed E-state index contributed by atoms with van der Waals surface area (Å²) in [5, 5.41) is 0. The molecule has 0 aromatic rings. The molecule has 0 bridgehead atoms. The highest BCUT2D eigenvalue weighted by Gasteiger charge is 2.19. The van der Waals surface area contributed by atoms with Crippen LogP contribution >= 0.6 is 0 Å². The smallest absolute Gasteiger partial charge is 0.306 e. The third-order valence-corrected chi connectivity index (χ3v) is 9.35. The molecule has 0 aliphatic rings. The number of unbranched alkanes of at least 4 members (excludes halogenated alkanes) is 22. The van der Waals surface area contributed by atoms with Crippen LogP contribution in [-0.2, 0) is 28.6 Å². The fourth-order valence-corrected chi connectivity index (χ4v) is 6.00. The van der Waals surface area contributed by atoms with E-state index in [0.29, 0.717) is 19.3 Å². The van der Waals surface area contributed by atoms with Crippen molar-refractivity contribution >= 4 is 17.9 Å². The maximum Gasteiger partial charge on any atom is 0.306 e. The van der Waals surface area contributed by atoms with Crippen molar-refractivity contribution in [3.8, 4) is 0 Å². The molecule has 0 aromatic heterocycles. The Labute approximate surface area is 321 Å². The van der Waals surface area contributed by atoms with Crippen molar-refractivity contribution in [3.05, 3.63) is 36.5 Å². The lowest BCUT2D eigenvalue weighted by Gasteiger charge is -2.18. The zero-order chi connectivity index (χ0) is 38.0. The predicted molar refractivity (Wildman–Crippen MR) is 219 cm³/mol. The van der Waals surface area contributed by atoms with Crippen LogP contribution in [-0.4, -0.2) is 37.2 Å². The standard InChI is InChI=1S/C46H82O6/c1-4-7-10-13-16-19-21-23-25-27-30-33-36-39-45(48)51-42-43(41-50-44(47)38-35-32-29-26-18-15-12-9-6-3)52-46(49)40-37-34-31-28-24-22-20-17-14-11-8-5-2/h10,13,17,19-21,43H,4-9,11-12,14-16,18,22-42H2,1-3H3/b13-10-,20-17-,21-19-. The Balaban J connectivity index is 4.39. The number of carbonyl (C=O) groups is 3. The molecule has 0 aromatic carbocycles. The lowest BCUT2D eigenvalue weighted by atomic mass is 10.1. The van der Waals surface area contributed by atoms with Crippen molar-refractivity contribution in [2.24, 2.45) is 0 Å². The molecule has 1 unspecified atom stereocenters. The summed E-state index contributed by atoms with van der Waals surface area (Å²) in [6.07, 6.45) is 45.5. The first-order chi connectivity index (χ1) is 25.5. The van der Waals surface area contributed by atoms with Gasteiger partial charge in [0.15, 0.2) is 6.10 Å². The molecule has 0 fully saturated rings. The van der Waals surface area contributed by atoms with Crippen LogP contribution in [0, 0.1) is 0 Å². The Kier molecular flexibility index (Phi) is 39.5. The Bertz CT molecular complexity index is 891. The van der Waals surface area contributed by atoms with E-state index in [1.165, 1.54) is 83.5 Å². The lowest BCUT2D eigenvalue weighted by Crippen LogP contribution is -2.30. The monoisotopic (exact) mass is 731 g/mol. The van der Waals surface area contributed by atoms with Crippen LogP contribution in [0.5, 0.6) is 0 Å². The topological polar surface area (TPSA) is 78.9 Å². The number of rotatable bonds is 39. The van der Waals surface area contributed by atoms with E-state index in [1.807, 2.05) is 0 Å². The van der Waals surface area contributed by atoms with Gasteiger partial charge in [-0.3, -0.25) is 14.4 Å². The summed E-state index contributed by atoms with van der Waals surface area (Å²) >= 11 is 0. The Morgan fingerprint density at radius 2 is 0.731 bits per heavy atom. The SMILES string of the molecule is CCC/C=C\C/C=C\CCCCCCCC(=O)OCC(COC(=O)CCCCCCCCCCC)OC(=O)CCCCCCC/C=C\CCCCC. The lowest BCUT2D eigenvalue weighted by molar-refractivity contribution is -0.167. The van der Waals surface area contributed by atoms with Gasteiger partial charge in [-0.25, -0.2) is 0 Å². The van der Waals surface area contributed by atoms with Crippen LogP contribution in [0.4, 0.5) is 0 Å². The van der Waals surface area contributed by atoms with Gasteiger partial charge in [0.2, 0.25) is 0 Å². The fraction of sp³-hybridized carbons (Fsp3) is 0.804. The number of hydrogen-bond donors (Lipinski definition) is 0. The second kappa shape index (κ2) is 41.4. The Hall–Kier alpha value is -2.37. The molecule has 6 heteroatoms. The zero-order valence-corrected chi connectivity index (χ0v) is 34.3. The van der Waals surface area contributed by atoms with E-state index in [2.05, 4.69) is 57.2 Å². The second-order valence-electron chi connectivity index (χ2n) is 14.6. The van der Waals surface area contributed by atoms with Crippen molar-refractivity contribution in [2.45, 2.75) is 226 Å². The number of allylic oxidation sites excluding steroid dienone is 6. The molecule has 0 N–H and O–H groups in total. The zero-order valence-electron chi connectivity index (χ0n) is 34.3. The third-order valence-electron chi connectivity index (χ3n) is 9.35. The van der Waals surface area contributed by atoms with E-state index in [0.717, 1.165) is 96.3 Å². The highest BCUT2D eigenvalue weighted by molar-refractivity contribution is 5.71. The quantitative estimate of drug-likeness (QED) is 0.0271. The minimum atomic E-state index is -0.775. The van der Waals surface area contributed by atoms with Crippen molar-refractivity contribution in [1.29, 1.82) is 0 Å². The van der Waals surface area contributed by atoms with Gasteiger partial charge in [0.1, 0.15) is 13.2 Å². The fourth-order valence-electron chi connectivity index (χ4n) is 6.00. The largest absolute Gasteiger partial charge is 0.462 e. The van der Waals surface area contributed by atoms with Gasteiger partial charge < -0.3 is 14.2 Å². The first-order valence-corrected chi connectivity index (χ1v) is 22.0. The Morgan fingerprint density at radius 1 is 0.385 bits per heavy atom. The molecule has 0 aliphatic carbocycles. The van der Waals surface area contributed by atoms with Crippen molar-refractivity contribution < 1.29 is 28.6 Å². The van der Waals surface area contributed by atoms with Gasteiger partial charge in [-0.2, -0.15) is 0 Å². The van der Waals surface area contributed by atoms with E-state index in [1.54, 1.807) is 0 Å². The van der Waals surface area contributed by atoms with Gasteiger partial charge in [0, 0.05) is 19.3 Å². The average Bonchev–Trinajstić information content (AvgIpc) is 3.14.